The molecule has 1 aromatic heterocycles. The third-order valence-corrected chi connectivity index (χ3v) is 2.49. The lowest BCUT2D eigenvalue weighted by molar-refractivity contribution is 0.114. The van der Waals surface area contributed by atoms with E-state index < -0.39 is 6.04 Å². The molecule has 2 N–H and O–H groups in total. The molecular formula is C13H17N3O2. The van der Waals surface area contributed by atoms with Crippen LogP contribution in [0.25, 0.3) is 0 Å². The Morgan fingerprint density at radius 3 is 2.83 bits per heavy atom. The van der Waals surface area contributed by atoms with E-state index in [0.29, 0.717) is 24.9 Å². The predicted octanol–water partition coefficient (Wildman–Crippen LogP) is 2.04. The van der Waals surface area contributed by atoms with E-state index in [-0.39, 0.29) is 0 Å². The van der Waals surface area contributed by atoms with Crippen LogP contribution < -0.4 is 5.73 Å². The molecule has 0 aliphatic heterocycles. The fourth-order valence-electron chi connectivity index (χ4n) is 1.56. The number of rotatable bonds is 6. The van der Waals surface area contributed by atoms with Crippen LogP contribution in [0.1, 0.15) is 36.7 Å². The average Bonchev–Trinajstić information content (AvgIpc) is 2.88. The first-order valence-corrected chi connectivity index (χ1v) is 6.02. The van der Waals surface area contributed by atoms with E-state index in [9.17, 15) is 0 Å². The molecular weight excluding hydrogens is 230 g/mol. The normalized spacial score (nSPS) is 12.6. The van der Waals surface area contributed by atoms with Gasteiger partial charge in [-0.05, 0) is 12.0 Å². The first kappa shape index (κ1) is 12.7. The SMILES string of the molecule is CCCOCc1noc([C@H](N)c2ccccc2)n1. The number of benzene rings is 1. The fourth-order valence-corrected chi connectivity index (χ4v) is 1.56. The molecule has 2 rings (SSSR count). The minimum Gasteiger partial charge on any atom is -0.373 e. The van der Waals surface area contributed by atoms with Gasteiger partial charge in [-0.1, -0.05) is 42.4 Å². The third-order valence-electron chi connectivity index (χ3n) is 2.49. The van der Waals surface area contributed by atoms with Crippen LogP contribution in [-0.4, -0.2) is 16.7 Å². The summed E-state index contributed by atoms with van der Waals surface area (Å²) in [5, 5.41) is 3.84. The van der Waals surface area contributed by atoms with Crippen molar-refractivity contribution in [2.45, 2.75) is 26.0 Å². The molecule has 0 saturated carbocycles. The van der Waals surface area contributed by atoms with Crippen LogP contribution in [-0.2, 0) is 11.3 Å². The van der Waals surface area contributed by atoms with Gasteiger partial charge in [-0.2, -0.15) is 4.98 Å². The van der Waals surface area contributed by atoms with Crippen molar-refractivity contribution >= 4 is 0 Å². The molecule has 0 spiro atoms. The van der Waals surface area contributed by atoms with Crippen LogP contribution in [0.3, 0.4) is 0 Å². The highest BCUT2D eigenvalue weighted by Gasteiger charge is 2.16. The van der Waals surface area contributed by atoms with Gasteiger partial charge in [0.25, 0.3) is 0 Å². The van der Waals surface area contributed by atoms with Gasteiger partial charge in [-0.15, -0.1) is 0 Å². The first-order valence-electron chi connectivity index (χ1n) is 6.02. The molecule has 1 heterocycles. The first-order chi connectivity index (χ1) is 8.81. The average molecular weight is 247 g/mol. The van der Waals surface area contributed by atoms with E-state index in [1.54, 1.807) is 0 Å². The summed E-state index contributed by atoms with van der Waals surface area (Å²) in [5.41, 5.74) is 6.99. The molecule has 0 aliphatic carbocycles. The Morgan fingerprint density at radius 2 is 2.11 bits per heavy atom. The van der Waals surface area contributed by atoms with E-state index in [2.05, 4.69) is 10.1 Å². The molecule has 0 saturated heterocycles. The van der Waals surface area contributed by atoms with Crippen LogP contribution in [0.15, 0.2) is 34.9 Å². The van der Waals surface area contributed by atoms with Gasteiger partial charge >= 0.3 is 0 Å². The second-order valence-electron chi connectivity index (χ2n) is 3.99. The molecule has 5 heteroatoms. The molecule has 2 aromatic rings. The molecule has 1 atom stereocenters. The Bertz CT molecular complexity index is 470. The Hall–Kier alpha value is -1.72. The van der Waals surface area contributed by atoms with E-state index in [4.69, 9.17) is 15.0 Å². The van der Waals surface area contributed by atoms with Crippen LogP contribution in [0.4, 0.5) is 0 Å². The number of hydrogen-bond acceptors (Lipinski definition) is 5. The van der Waals surface area contributed by atoms with Gasteiger partial charge in [0.1, 0.15) is 12.6 Å². The minimum absolute atomic E-state index is 0.360. The lowest BCUT2D eigenvalue weighted by Gasteiger charge is -2.05. The number of ether oxygens (including phenoxy) is 1. The van der Waals surface area contributed by atoms with Gasteiger partial charge in [0, 0.05) is 6.61 Å². The molecule has 0 radical (unpaired) electrons. The van der Waals surface area contributed by atoms with Gasteiger partial charge in [-0.25, -0.2) is 0 Å². The van der Waals surface area contributed by atoms with Crippen molar-refractivity contribution in [3.63, 3.8) is 0 Å². The zero-order valence-corrected chi connectivity index (χ0v) is 10.4. The van der Waals surface area contributed by atoms with E-state index in [1.165, 1.54) is 0 Å². The second kappa shape index (κ2) is 6.28. The van der Waals surface area contributed by atoms with E-state index in [0.717, 1.165) is 12.0 Å². The minimum atomic E-state index is -0.390. The van der Waals surface area contributed by atoms with Gasteiger partial charge in [0.05, 0.1) is 0 Å². The highest BCUT2D eigenvalue weighted by molar-refractivity contribution is 5.22. The Labute approximate surface area is 106 Å². The molecule has 5 nitrogen and oxygen atoms in total. The summed E-state index contributed by atoms with van der Waals surface area (Å²) in [4.78, 5) is 4.23. The van der Waals surface area contributed by atoms with Gasteiger partial charge in [0.2, 0.25) is 5.89 Å². The summed E-state index contributed by atoms with van der Waals surface area (Å²) >= 11 is 0. The van der Waals surface area contributed by atoms with E-state index >= 15 is 0 Å². The van der Waals surface area contributed by atoms with Crippen LogP contribution >= 0.6 is 0 Å². The van der Waals surface area contributed by atoms with Crippen molar-refractivity contribution in [1.82, 2.24) is 10.1 Å². The van der Waals surface area contributed by atoms with Gasteiger partial charge < -0.3 is 15.0 Å². The predicted molar refractivity (Wildman–Crippen MR) is 66.7 cm³/mol. The summed E-state index contributed by atoms with van der Waals surface area (Å²) in [6.45, 7) is 3.10. The standard InChI is InChI=1S/C13H17N3O2/c1-2-8-17-9-11-15-13(18-16-11)12(14)10-6-4-3-5-7-10/h3-7,12H,2,8-9,14H2,1H3/t12-/m1/s1. The maximum Gasteiger partial charge on any atom is 0.248 e. The quantitative estimate of drug-likeness (QED) is 0.791. The lowest BCUT2D eigenvalue weighted by atomic mass is 10.1. The molecule has 0 fully saturated rings. The molecule has 18 heavy (non-hydrogen) atoms. The number of aromatic nitrogens is 2. The summed E-state index contributed by atoms with van der Waals surface area (Å²) in [6, 6.07) is 9.27. The highest BCUT2D eigenvalue weighted by Crippen LogP contribution is 2.17. The van der Waals surface area contributed by atoms with Crippen LogP contribution in [0.2, 0.25) is 0 Å². The lowest BCUT2D eigenvalue weighted by Crippen LogP contribution is -2.12. The smallest absolute Gasteiger partial charge is 0.248 e. The summed E-state index contributed by atoms with van der Waals surface area (Å²) < 4.78 is 10.5. The van der Waals surface area contributed by atoms with E-state index in [1.807, 2.05) is 37.3 Å². The van der Waals surface area contributed by atoms with Crippen molar-refractivity contribution in [1.29, 1.82) is 0 Å². The van der Waals surface area contributed by atoms with Gasteiger partial charge in [-0.3, -0.25) is 0 Å². The molecule has 0 aliphatic rings. The van der Waals surface area contributed by atoms with Crippen molar-refractivity contribution in [3.05, 3.63) is 47.6 Å². The third kappa shape index (κ3) is 3.15. The molecule has 0 amide bonds. The maximum absolute atomic E-state index is 6.05. The van der Waals surface area contributed by atoms with Crippen molar-refractivity contribution < 1.29 is 9.26 Å². The monoisotopic (exact) mass is 247 g/mol. The molecule has 96 valence electrons. The van der Waals surface area contributed by atoms with Crippen molar-refractivity contribution in [2.75, 3.05) is 6.61 Å². The number of hydrogen-bond donors (Lipinski definition) is 1. The highest BCUT2D eigenvalue weighted by atomic mass is 16.5. The Morgan fingerprint density at radius 1 is 1.33 bits per heavy atom. The Kier molecular flexibility index (Phi) is 4.44. The summed E-state index contributed by atoms with van der Waals surface area (Å²) in [5.74, 6) is 0.945. The molecule has 0 unspecified atom stereocenters. The van der Waals surface area contributed by atoms with Crippen LogP contribution in [0, 0.1) is 0 Å². The Balaban J connectivity index is 2.01. The summed E-state index contributed by atoms with van der Waals surface area (Å²) in [7, 11) is 0. The zero-order valence-electron chi connectivity index (χ0n) is 10.4. The molecule has 1 aromatic carbocycles. The van der Waals surface area contributed by atoms with Crippen molar-refractivity contribution in [2.24, 2.45) is 5.73 Å². The molecule has 0 bridgehead atoms. The maximum atomic E-state index is 6.05. The van der Waals surface area contributed by atoms with Gasteiger partial charge in [0.15, 0.2) is 5.82 Å². The van der Waals surface area contributed by atoms with Crippen molar-refractivity contribution in [3.8, 4) is 0 Å². The second-order valence-corrected chi connectivity index (χ2v) is 3.99. The largest absolute Gasteiger partial charge is 0.373 e. The number of nitrogens with two attached hydrogens (primary N) is 1. The van der Waals surface area contributed by atoms with Crippen LogP contribution in [0.5, 0.6) is 0 Å². The summed E-state index contributed by atoms with van der Waals surface area (Å²) in [6.07, 6.45) is 0.967. The number of nitrogens with zero attached hydrogens (tertiary/aromatic N) is 2. The topological polar surface area (TPSA) is 74.2 Å². The zero-order chi connectivity index (χ0) is 12.8. The fraction of sp³-hybridized carbons (Fsp3) is 0.385.